The first-order valence-electron chi connectivity index (χ1n) is 21.8. The third-order valence-corrected chi connectivity index (χ3v) is 12.5. The Balaban J connectivity index is 0.912. The molecule has 3 heteroatoms. The Labute approximate surface area is 371 Å². The Kier molecular flexibility index (Phi) is 9.16. The topological polar surface area (TPSA) is 38.7 Å². The Bertz CT molecular complexity index is 3670. The molecule has 0 saturated heterocycles. The number of fused-ring (bicyclic) bond motifs is 6. The third kappa shape index (κ3) is 6.77. The normalized spacial score (nSPS) is 11.4. The summed E-state index contributed by atoms with van der Waals surface area (Å²) >= 11 is 0. The fraction of sp³-hybridized carbons (Fsp3) is 0. The van der Waals surface area contributed by atoms with Crippen LogP contribution in [0, 0.1) is 0 Å². The van der Waals surface area contributed by atoms with E-state index in [1.54, 1.807) is 0 Å². The largest absolute Gasteiger partial charge is 0.247 e. The molecule has 10 aromatic carbocycles. The average Bonchev–Trinajstić information content (AvgIpc) is 3.38. The fourth-order valence-corrected chi connectivity index (χ4v) is 9.21. The van der Waals surface area contributed by atoms with Gasteiger partial charge in [-0.15, -0.1) is 0 Å². The number of rotatable bonds is 7. The van der Waals surface area contributed by atoms with Crippen LogP contribution in [0.5, 0.6) is 0 Å². The van der Waals surface area contributed by atoms with Crippen molar-refractivity contribution >= 4 is 43.2 Å². The molecule has 0 saturated carbocycles. The lowest BCUT2D eigenvalue weighted by Gasteiger charge is -2.16. The summed E-state index contributed by atoms with van der Waals surface area (Å²) in [6.07, 6.45) is 0. The first-order chi connectivity index (χ1) is 31.7. The molecule has 0 unspecified atom stereocenters. The van der Waals surface area contributed by atoms with Crippen molar-refractivity contribution < 1.29 is 0 Å². The predicted molar refractivity (Wildman–Crippen MR) is 268 cm³/mol. The van der Waals surface area contributed by atoms with Crippen LogP contribution in [-0.4, -0.2) is 15.0 Å². The van der Waals surface area contributed by atoms with E-state index < -0.39 is 0 Å². The van der Waals surface area contributed by atoms with Gasteiger partial charge in [0, 0.05) is 38.4 Å². The third-order valence-electron chi connectivity index (χ3n) is 12.5. The molecule has 2 aromatic heterocycles. The monoisotopic (exact) mass is 813 g/mol. The summed E-state index contributed by atoms with van der Waals surface area (Å²) in [5, 5.41) is 8.41. The molecule has 12 rings (SSSR count). The number of aromatic nitrogens is 3. The molecule has 0 fully saturated rings. The zero-order valence-electron chi connectivity index (χ0n) is 34.9. The van der Waals surface area contributed by atoms with E-state index in [1.807, 2.05) is 12.1 Å². The molecule has 0 bridgehead atoms. The van der Waals surface area contributed by atoms with Gasteiger partial charge in [0.1, 0.15) is 0 Å². The van der Waals surface area contributed by atoms with Crippen molar-refractivity contribution in [2.45, 2.75) is 0 Å². The second kappa shape index (κ2) is 15.7. The maximum atomic E-state index is 5.35. The van der Waals surface area contributed by atoms with Gasteiger partial charge in [-0.05, 0) is 79.2 Å². The van der Waals surface area contributed by atoms with Gasteiger partial charge < -0.3 is 0 Å². The number of benzene rings is 10. The van der Waals surface area contributed by atoms with Crippen LogP contribution in [0.25, 0.3) is 122 Å². The van der Waals surface area contributed by atoms with E-state index in [-0.39, 0.29) is 0 Å². The number of nitrogens with zero attached hydrogens (tertiary/aromatic N) is 3. The minimum absolute atomic E-state index is 0.693. The zero-order valence-corrected chi connectivity index (χ0v) is 34.9. The quantitative estimate of drug-likeness (QED) is 0.150. The van der Waals surface area contributed by atoms with Gasteiger partial charge in [-0.3, -0.25) is 0 Å². The molecule has 298 valence electrons. The van der Waals surface area contributed by atoms with Crippen LogP contribution in [0.1, 0.15) is 0 Å². The van der Waals surface area contributed by atoms with Gasteiger partial charge in [-0.1, -0.05) is 212 Å². The Morgan fingerprint density at radius 3 is 1.39 bits per heavy atom. The van der Waals surface area contributed by atoms with Gasteiger partial charge in [0.2, 0.25) is 0 Å². The van der Waals surface area contributed by atoms with Gasteiger partial charge >= 0.3 is 0 Å². The van der Waals surface area contributed by atoms with Crippen LogP contribution in [0.3, 0.4) is 0 Å². The van der Waals surface area contributed by atoms with Crippen LogP contribution < -0.4 is 0 Å². The highest BCUT2D eigenvalue weighted by Gasteiger charge is 2.18. The second-order valence-corrected chi connectivity index (χ2v) is 16.4. The average molecular weight is 814 g/mol. The highest BCUT2D eigenvalue weighted by atomic mass is 14.9. The van der Waals surface area contributed by atoms with Gasteiger partial charge in [0.15, 0.2) is 5.82 Å². The standard InChI is InChI=1S/C61H39N3/c1-3-13-40(14-4-1)42-25-32-47(33-26-42)58-39-57(46-16-5-2-6-17-46)63-61(64-58)48-34-27-44(28-35-48)43-23-30-45(31-24-43)54-38-55-59(52-20-10-9-19-51(52)54)53-21-11-12-22-56(53)62-60(55)50-36-29-41-15-7-8-18-49(41)37-50/h1-39H. The van der Waals surface area contributed by atoms with Crippen LogP contribution in [0.2, 0.25) is 0 Å². The Morgan fingerprint density at radius 2 is 0.719 bits per heavy atom. The predicted octanol–water partition coefficient (Wildman–Crippen LogP) is 16.2. The van der Waals surface area contributed by atoms with Crippen LogP contribution in [0.15, 0.2) is 237 Å². The molecular weight excluding hydrogens is 775 g/mol. The molecule has 0 N–H and O–H groups in total. The zero-order chi connectivity index (χ0) is 42.4. The van der Waals surface area contributed by atoms with Crippen molar-refractivity contribution in [3.05, 3.63) is 237 Å². The smallest absolute Gasteiger partial charge is 0.160 e. The van der Waals surface area contributed by atoms with Crippen molar-refractivity contribution in [1.29, 1.82) is 0 Å². The van der Waals surface area contributed by atoms with Gasteiger partial charge in [-0.2, -0.15) is 0 Å². The van der Waals surface area contributed by atoms with Crippen molar-refractivity contribution in [2.75, 3.05) is 0 Å². The van der Waals surface area contributed by atoms with Crippen LogP contribution in [-0.2, 0) is 0 Å². The molecule has 0 amide bonds. The van der Waals surface area contributed by atoms with E-state index in [0.29, 0.717) is 5.82 Å². The molecule has 12 aromatic rings. The summed E-state index contributed by atoms with van der Waals surface area (Å²) < 4.78 is 0. The Hall–Kier alpha value is -8.53. The molecular formula is C61H39N3. The summed E-state index contributed by atoms with van der Waals surface area (Å²) in [7, 11) is 0. The number of hydrogen-bond donors (Lipinski definition) is 0. The summed E-state index contributed by atoms with van der Waals surface area (Å²) in [4.78, 5) is 15.6. The number of para-hydroxylation sites is 1. The van der Waals surface area contributed by atoms with E-state index in [0.717, 1.165) is 72.3 Å². The minimum Gasteiger partial charge on any atom is -0.247 e. The molecule has 64 heavy (non-hydrogen) atoms. The van der Waals surface area contributed by atoms with Crippen molar-refractivity contribution in [3.8, 4) is 78.5 Å². The maximum absolute atomic E-state index is 5.35. The van der Waals surface area contributed by atoms with Crippen molar-refractivity contribution in [3.63, 3.8) is 0 Å². The lowest BCUT2D eigenvalue weighted by atomic mass is 9.89. The second-order valence-electron chi connectivity index (χ2n) is 16.4. The summed E-state index contributed by atoms with van der Waals surface area (Å²) in [6.45, 7) is 0. The van der Waals surface area contributed by atoms with Gasteiger partial charge in [-0.25, -0.2) is 15.0 Å². The van der Waals surface area contributed by atoms with Crippen LogP contribution >= 0.6 is 0 Å². The molecule has 0 aliphatic rings. The van der Waals surface area contributed by atoms with Gasteiger partial charge in [0.05, 0.1) is 22.6 Å². The lowest BCUT2D eigenvalue weighted by molar-refractivity contribution is 1.18. The molecule has 2 heterocycles. The van der Waals surface area contributed by atoms with E-state index in [9.17, 15) is 0 Å². The number of pyridine rings is 1. The molecule has 0 spiro atoms. The van der Waals surface area contributed by atoms with E-state index in [1.165, 1.54) is 43.6 Å². The summed E-state index contributed by atoms with van der Waals surface area (Å²) in [5.74, 6) is 0.693. The maximum Gasteiger partial charge on any atom is 0.160 e. The molecule has 0 radical (unpaired) electrons. The lowest BCUT2D eigenvalue weighted by Crippen LogP contribution is -1.96. The molecule has 0 atom stereocenters. The number of hydrogen-bond acceptors (Lipinski definition) is 3. The first kappa shape index (κ1) is 37.2. The van der Waals surface area contributed by atoms with E-state index in [4.69, 9.17) is 15.0 Å². The van der Waals surface area contributed by atoms with Crippen molar-refractivity contribution in [2.24, 2.45) is 0 Å². The Morgan fingerprint density at radius 1 is 0.250 bits per heavy atom. The first-order valence-corrected chi connectivity index (χ1v) is 21.8. The van der Waals surface area contributed by atoms with Crippen molar-refractivity contribution in [1.82, 2.24) is 15.0 Å². The van der Waals surface area contributed by atoms with E-state index in [2.05, 4.69) is 224 Å². The summed E-state index contributed by atoms with van der Waals surface area (Å²) in [6, 6.07) is 84.1. The van der Waals surface area contributed by atoms with E-state index >= 15 is 0 Å². The SMILES string of the molecule is c1ccc(-c2ccc(-c3cc(-c4ccccc4)nc(-c4ccc(-c5ccc(-c6cc7c(-c8ccc9ccccc9c8)nc8ccccc8c7c7ccccc67)cc5)cc4)n3)cc2)cc1. The highest BCUT2D eigenvalue weighted by molar-refractivity contribution is 6.25. The molecule has 0 aliphatic carbocycles. The summed E-state index contributed by atoms with van der Waals surface area (Å²) in [5.41, 5.74) is 14.9. The molecule has 0 aliphatic heterocycles. The highest BCUT2D eigenvalue weighted by Crippen LogP contribution is 2.42. The van der Waals surface area contributed by atoms with Gasteiger partial charge in [0.25, 0.3) is 0 Å². The fourth-order valence-electron chi connectivity index (χ4n) is 9.21. The minimum atomic E-state index is 0.693. The van der Waals surface area contributed by atoms with Crippen LogP contribution in [0.4, 0.5) is 0 Å². The molecule has 3 nitrogen and oxygen atoms in total.